The van der Waals surface area contributed by atoms with E-state index in [1.54, 1.807) is 12.1 Å². The molecule has 2 amide bonds. The maximum atomic E-state index is 13.9. The fourth-order valence-corrected chi connectivity index (χ4v) is 3.69. The Hall–Kier alpha value is -3.04. The van der Waals surface area contributed by atoms with Crippen molar-refractivity contribution in [3.63, 3.8) is 0 Å². The topological polar surface area (TPSA) is 71.5 Å². The molecule has 2 aromatic carbocycles. The highest BCUT2D eigenvalue weighted by atomic mass is 35.5. The molecular formula is C19H12ClF2N3O3S. The van der Waals surface area contributed by atoms with Gasteiger partial charge in [0.25, 0.3) is 5.91 Å². The molecular weight excluding hydrogens is 424 g/mol. The second kappa shape index (κ2) is 7.76. The van der Waals surface area contributed by atoms with E-state index >= 15 is 0 Å². The number of carbonyl (C=O) groups excluding carboxylic acids is 2. The summed E-state index contributed by atoms with van der Waals surface area (Å²) in [5, 5.41) is 4.66. The van der Waals surface area contributed by atoms with E-state index < -0.39 is 23.4 Å². The van der Waals surface area contributed by atoms with Crippen molar-refractivity contribution in [1.29, 1.82) is 0 Å². The number of carbonyl (C=O) groups is 2. The van der Waals surface area contributed by atoms with Crippen molar-refractivity contribution < 1.29 is 23.1 Å². The van der Waals surface area contributed by atoms with Crippen LogP contribution in [0.15, 0.2) is 41.8 Å². The monoisotopic (exact) mass is 435 g/mol. The van der Waals surface area contributed by atoms with E-state index in [1.807, 2.05) is 0 Å². The first-order valence-electron chi connectivity index (χ1n) is 8.34. The lowest BCUT2D eigenvalue weighted by molar-refractivity contribution is -0.123. The molecule has 0 fully saturated rings. The first-order chi connectivity index (χ1) is 13.9. The molecule has 0 spiro atoms. The van der Waals surface area contributed by atoms with Crippen molar-refractivity contribution in [1.82, 2.24) is 4.98 Å². The van der Waals surface area contributed by atoms with Gasteiger partial charge < -0.3 is 10.1 Å². The molecule has 1 aliphatic heterocycles. The molecule has 3 aromatic rings. The Balaban J connectivity index is 1.50. The number of anilines is 2. The summed E-state index contributed by atoms with van der Waals surface area (Å²) in [7, 11) is 0. The molecule has 2 heterocycles. The number of halogens is 3. The van der Waals surface area contributed by atoms with Crippen LogP contribution in [-0.4, -0.2) is 29.9 Å². The van der Waals surface area contributed by atoms with E-state index in [0.717, 1.165) is 29.5 Å². The summed E-state index contributed by atoms with van der Waals surface area (Å²) in [5.41, 5.74) is 0.584. The number of hydrogen-bond acceptors (Lipinski definition) is 5. The van der Waals surface area contributed by atoms with Crippen molar-refractivity contribution in [2.24, 2.45) is 0 Å². The Labute approximate surface area is 172 Å². The van der Waals surface area contributed by atoms with Gasteiger partial charge in [0.15, 0.2) is 11.7 Å². The predicted octanol–water partition coefficient (Wildman–Crippen LogP) is 4.11. The Morgan fingerprint density at radius 2 is 2.10 bits per heavy atom. The number of ether oxygens (including phenoxy) is 1. The average molecular weight is 436 g/mol. The standard InChI is InChI=1S/C19H12ClF2N3O3S/c20-10-1-4-16-15(5-10)25(18(27)8-28-16)7-17(26)24-19-23-14(9-29-19)12-6-11(21)2-3-13(12)22/h1-6,9H,7-8H2,(H,23,24,26). The molecule has 0 unspecified atom stereocenters. The summed E-state index contributed by atoms with van der Waals surface area (Å²) in [5.74, 6) is -1.67. The number of hydrogen-bond donors (Lipinski definition) is 1. The Morgan fingerprint density at radius 3 is 2.93 bits per heavy atom. The highest BCUT2D eigenvalue weighted by Crippen LogP contribution is 2.34. The number of aromatic nitrogens is 1. The van der Waals surface area contributed by atoms with Gasteiger partial charge in [-0.1, -0.05) is 11.6 Å². The zero-order chi connectivity index (χ0) is 20.5. The van der Waals surface area contributed by atoms with Gasteiger partial charge in [0.1, 0.15) is 23.9 Å². The number of amides is 2. The third kappa shape index (κ3) is 4.06. The van der Waals surface area contributed by atoms with Gasteiger partial charge in [0.2, 0.25) is 5.91 Å². The first-order valence-corrected chi connectivity index (χ1v) is 9.60. The first kappa shape index (κ1) is 19.3. The van der Waals surface area contributed by atoms with Crippen LogP contribution in [0, 0.1) is 11.6 Å². The third-order valence-corrected chi connectivity index (χ3v) is 5.11. The van der Waals surface area contributed by atoms with Crippen molar-refractivity contribution in [2.75, 3.05) is 23.4 Å². The van der Waals surface area contributed by atoms with Crippen LogP contribution < -0.4 is 15.0 Å². The van der Waals surface area contributed by atoms with Crippen LogP contribution in [0.3, 0.4) is 0 Å². The minimum atomic E-state index is -0.623. The molecule has 1 N–H and O–H groups in total. The van der Waals surface area contributed by atoms with Gasteiger partial charge >= 0.3 is 0 Å². The van der Waals surface area contributed by atoms with Crippen molar-refractivity contribution >= 4 is 45.6 Å². The zero-order valence-corrected chi connectivity index (χ0v) is 16.2. The molecule has 1 aliphatic rings. The maximum Gasteiger partial charge on any atom is 0.265 e. The van der Waals surface area contributed by atoms with Crippen LogP contribution in [0.4, 0.5) is 19.6 Å². The molecule has 6 nitrogen and oxygen atoms in total. The van der Waals surface area contributed by atoms with Crippen molar-refractivity contribution in [3.8, 4) is 17.0 Å². The van der Waals surface area contributed by atoms with Crippen LogP contribution in [0.5, 0.6) is 5.75 Å². The van der Waals surface area contributed by atoms with Crippen LogP contribution in [0.1, 0.15) is 0 Å². The summed E-state index contributed by atoms with van der Waals surface area (Å²) in [6.45, 7) is -0.471. The molecule has 0 saturated heterocycles. The number of nitrogens with zero attached hydrogens (tertiary/aromatic N) is 2. The summed E-state index contributed by atoms with van der Waals surface area (Å²) in [4.78, 5) is 30.0. The molecule has 148 valence electrons. The normalized spacial score (nSPS) is 13.1. The largest absolute Gasteiger partial charge is 0.482 e. The highest BCUT2D eigenvalue weighted by molar-refractivity contribution is 7.14. The quantitative estimate of drug-likeness (QED) is 0.669. The number of benzene rings is 2. The van der Waals surface area contributed by atoms with Gasteiger partial charge in [0, 0.05) is 16.0 Å². The SMILES string of the molecule is O=C(CN1C(=O)COc2ccc(Cl)cc21)Nc1nc(-c2cc(F)ccc2F)cs1. The van der Waals surface area contributed by atoms with E-state index in [-0.39, 0.29) is 29.5 Å². The fourth-order valence-electron chi connectivity index (χ4n) is 2.80. The van der Waals surface area contributed by atoms with Gasteiger partial charge in [-0.25, -0.2) is 13.8 Å². The second-order valence-corrected chi connectivity index (χ2v) is 7.39. The molecule has 0 radical (unpaired) electrons. The lowest BCUT2D eigenvalue weighted by atomic mass is 10.1. The summed E-state index contributed by atoms with van der Waals surface area (Å²) >= 11 is 7.04. The summed E-state index contributed by atoms with van der Waals surface area (Å²) < 4.78 is 32.6. The van der Waals surface area contributed by atoms with Gasteiger partial charge in [-0.3, -0.25) is 14.5 Å². The van der Waals surface area contributed by atoms with Crippen LogP contribution in [-0.2, 0) is 9.59 Å². The molecule has 10 heteroatoms. The van der Waals surface area contributed by atoms with Crippen LogP contribution in [0.25, 0.3) is 11.3 Å². The summed E-state index contributed by atoms with van der Waals surface area (Å²) in [6.07, 6.45) is 0. The zero-order valence-electron chi connectivity index (χ0n) is 14.6. The van der Waals surface area contributed by atoms with E-state index in [0.29, 0.717) is 16.5 Å². The van der Waals surface area contributed by atoms with E-state index in [1.165, 1.54) is 16.3 Å². The lowest BCUT2D eigenvalue weighted by Gasteiger charge is -2.28. The number of rotatable bonds is 4. The van der Waals surface area contributed by atoms with Gasteiger partial charge in [-0.2, -0.15) is 0 Å². The Bertz CT molecular complexity index is 1120. The van der Waals surface area contributed by atoms with Gasteiger partial charge in [-0.15, -0.1) is 11.3 Å². The summed E-state index contributed by atoms with van der Waals surface area (Å²) in [6, 6.07) is 7.83. The van der Waals surface area contributed by atoms with Gasteiger partial charge in [0.05, 0.1) is 11.4 Å². The molecule has 0 saturated carbocycles. The second-order valence-electron chi connectivity index (χ2n) is 6.09. The minimum Gasteiger partial charge on any atom is -0.482 e. The van der Waals surface area contributed by atoms with Crippen molar-refractivity contribution in [3.05, 3.63) is 58.4 Å². The maximum absolute atomic E-state index is 13.9. The third-order valence-electron chi connectivity index (χ3n) is 4.12. The molecule has 4 rings (SSSR count). The molecule has 1 aromatic heterocycles. The van der Waals surface area contributed by atoms with Crippen molar-refractivity contribution in [2.45, 2.75) is 0 Å². The van der Waals surface area contributed by atoms with Crippen LogP contribution >= 0.6 is 22.9 Å². The predicted molar refractivity (Wildman–Crippen MR) is 105 cm³/mol. The smallest absolute Gasteiger partial charge is 0.265 e. The number of thiazole rings is 1. The molecule has 0 atom stereocenters. The van der Waals surface area contributed by atoms with Crippen LogP contribution in [0.2, 0.25) is 5.02 Å². The van der Waals surface area contributed by atoms with E-state index in [4.69, 9.17) is 16.3 Å². The molecule has 0 aliphatic carbocycles. The number of fused-ring (bicyclic) bond motifs is 1. The molecule has 29 heavy (non-hydrogen) atoms. The molecule has 0 bridgehead atoms. The van der Waals surface area contributed by atoms with E-state index in [9.17, 15) is 18.4 Å². The Kier molecular flexibility index (Phi) is 5.16. The van der Waals surface area contributed by atoms with Gasteiger partial charge in [-0.05, 0) is 36.4 Å². The average Bonchev–Trinajstić information content (AvgIpc) is 3.14. The fraction of sp³-hybridized carbons (Fsp3) is 0.105. The lowest BCUT2D eigenvalue weighted by Crippen LogP contribution is -2.43. The van der Waals surface area contributed by atoms with E-state index in [2.05, 4.69) is 10.3 Å². The highest BCUT2D eigenvalue weighted by Gasteiger charge is 2.28. The Morgan fingerprint density at radius 1 is 1.28 bits per heavy atom. The minimum absolute atomic E-state index is 0.00586. The number of nitrogens with one attached hydrogen (secondary N) is 1.